The van der Waals surface area contributed by atoms with Crippen molar-refractivity contribution in [3.63, 3.8) is 0 Å². The summed E-state index contributed by atoms with van der Waals surface area (Å²) in [6.45, 7) is 0. The van der Waals surface area contributed by atoms with E-state index in [-0.39, 0.29) is 16.7 Å². The Morgan fingerprint density at radius 2 is 1.75 bits per heavy atom. The van der Waals surface area contributed by atoms with Crippen LogP contribution in [-0.4, -0.2) is 45.3 Å². The van der Waals surface area contributed by atoms with Crippen LogP contribution in [-0.2, 0) is 14.6 Å². The second-order valence-electron chi connectivity index (χ2n) is 12.3. The zero-order chi connectivity index (χ0) is 28.2. The first-order valence-corrected chi connectivity index (χ1v) is 16.2. The van der Waals surface area contributed by atoms with Crippen LogP contribution in [0, 0.1) is 29.6 Å². The van der Waals surface area contributed by atoms with Crippen molar-refractivity contribution in [3.8, 4) is 11.8 Å². The average molecular weight is 556 g/mol. The number of Topliss-reactive ketones (excluding diaryl/α,β-unsaturated/α-hetero) is 1. The molecule has 4 aliphatic carbocycles. The molecule has 0 aromatic heterocycles. The van der Waals surface area contributed by atoms with Crippen molar-refractivity contribution in [2.75, 3.05) is 25.3 Å². The number of ketones is 1. The van der Waals surface area contributed by atoms with Crippen LogP contribution in [0.2, 0.25) is 0 Å². The molecule has 5 nitrogen and oxygen atoms in total. The van der Waals surface area contributed by atoms with Crippen molar-refractivity contribution in [1.29, 1.82) is 0 Å². The first kappa shape index (κ1) is 27.1. The first-order chi connectivity index (χ1) is 19.0. The molecular formula is C34H37NO4S. The second kappa shape index (κ2) is 10.0. The van der Waals surface area contributed by atoms with Gasteiger partial charge in [-0.25, -0.2) is 8.42 Å². The van der Waals surface area contributed by atoms with Crippen LogP contribution in [0.3, 0.4) is 0 Å². The minimum absolute atomic E-state index is 0.0448. The standard InChI is InChI=1S/C34H37NO4S/c1-35(2)25-9-6-23(7-10-25)31-21-32-29(30-14-8-24-20-26(36)11-15-28(24)33(30)31)17-19-34(32,37)18-16-22-4-12-27(13-5-22)40(3,38)39/h4-10,12-13,29-32,37H,11,14-15,17,19-21H2,1-3H3/t29-,30-,31+,32?,34-/m0/s1. The van der Waals surface area contributed by atoms with Gasteiger partial charge >= 0.3 is 0 Å². The second-order valence-corrected chi connectivity index (χ2v) is 14.3. The predicted molar refractivity (Wildman–Crippen MR) is 158 cm³/mol. The van der Waals surface area contributed by atoms with E-state index in [1.807, 2.05) is 14.1 Å². The Labute approximate surface area is 237 Å². The molecule has 3 saturated carbocycles. The molecule has 0 saturated heterocycles. The van der Waals surface area contributed by atoms with E-state index in [1.54, 1.807) is 24.3 Å². The smallest absolute Gasteiger partial charge is 0.175 e. The summed E-state index contributed by atoms with van der Waals surface area (Å²) in [5.41, 5.74) is 6.20. The largest absolute Gasteiger partial charge is 0.378 e. The Morgan fingerprint density at radius 3 is 2.42 bits per heavy atom. The van der Waals surface area contributed by atoms with Gasteiger partial charge in [-0.05, 0) is 97.0 Å². The Kier molecular flexibility index (Phi) is 6.79. The van der Waals surface area contributed by atoms with Crippen LogP contribution in [0.15, 0.2) is 76.2 Å². The fourth-order valence-electron chi connectivity index (χ4n) is 7.65. The lowest BCUT2D eigenvalue weighted by atomic mass is 9.57. The highest BCUT2D eigenvalue weighted by Gasteiger charge is 2.55. The molecule has 1 unspecified atom stereocenters. The molecule has 40 heavy (non-hydrogen) atoms. The van der Waals surface area contributed by atoms with Gasteiger partial charge in [0, 0.05) is 56.3 Å². The highest BCUT2D eigenvalue weighted by atomic mass is 32.2. The maximum absolute atomic E-state index is 12.3. The molecule has 6 heteroatoms. The number of hydrogen-bond donors (Lipinski definition) is 1. The van der Waals surface area contributed by atoms with Crippen LogP contribution in [0.25, 0.3) is 0 Å². The molecule has 0 heterocycles. The molecule has 0 radical (unpaired) electrons. The lowest BCUT2D eigenvalue weighted by Gasteiger charge is -2.47. The molecule has 5 atom stereocenters. The maximum atomic E-state index is 12.3. The number of fused-ring (bicyclic) bond motifs is 4. The SMILES string of the molecule is CN(C)c1ccc([C@H]2CC3[C@@H](CC[C@@]3(O)C#Cc3ccc(S(C)(=O)=O)cc3)[C@@H]3CC=C4CC(=O)CCC4=C32)cc1. The van der Waals surface area contributed by atoms with Gasteiger partial charge < -0.3 is 10.0 Å². The van der Waals surface area contributed by atoms with Crippen molar-refractivity contribution >= 4 is 21.3 Å². The van der Waals surface area contributed by atoms with E-state index in [4.69, 9.17) is 0 Å². The number of carbonyl (C=O) groups is 1. The first-order valence-electron chi connectivity index (χ1n) is 14.3. The minimum Gasteiger partial charge on any atom is -0.378 e. The summed E-state index contributed by atoms with van der Waals surface area (Å²) in [5, 5.41) is 12.0. The summed E-state index contributed by atoms with van der Waals surface area (Å²) in [6.07, 6.45) is 8.83. The van der Waals surface area contributed by atoms with E-state index in [0.29, 0.717) is 42.4 Å². The lowest BCUT2D eigenvalue weighted by molar-refractivity contribution is -0.118. The van der Waals surface area contributed by atoms with E-state index in [1.165, 1.54) is 28.5 Å². The van der Waals surface area contributed by atoms with E-state index in [0.717, 1.165) is 31.4 Å². The third-order valence-corrected chi connectivity index (χ3v) is 10.8. The fraction of sp³-hybridized carbons (Fsp3) is 0.441. The molecule has 6 rings (SSSR count). The van der Waals surface area contributed by atoms with Gasteiger partial charge in [-0.3, -0.25) is 4.79 Å². The van der Waals surface area contributed by atoms with Crippen molar-refractivity contribution in [2.24, 2.45) is 17.8 Å². The van der Waals surface area contributed by atoms with Crippen molar-refractivity contribution < 1.29 is 18.3 Å². The molecule has 2 aromatic rings. The average Bonchev–Trinajstić information content (AvgIpc) is 3.27. The number of benzene rings is 2. The maximum Gasteiger partial charge on any atom is 0.175 e. The predicted octanol–water partition coefficient (Wildman–Crippen LogP) is 5.45. The number of anilines is 1. The van der Waals surface area contributed by atoms with Crippen molar-refractivity contribution in [2.45, 2.75) is 61.4 Å². The summed E-state index contributed by atoms with van der Waals surface area (Å²) >= 11 is 0. The molecule has 0 bridgehead atoms. The quantitative estimate of drug-likeness (QED) is 0.510. The summed E-state index contributed by atoms with van der Waals surface area (Å²) in [4.78, 5) is 14.7. The molecule has 4 aliphatic rings. The molecule has 0 aliphatic heterocycles. The van der Waals surface area contributed by atoms with Crippen LogP contribution in [0.4, 0.5) is 5.69 Å². The highest BCUT2D eigenvalue weighted by Crippen LogP contribution is 2.60. The van der Waals surface area contributed by atoms with Gasteiger partial charge in [0.15, 0.2) is 9.84 Å². The normalized spacial score (nSPS) is 29.5. The summed E-state index contributed by atoms with van der Waals surface area (Å²) in [7, 11) is 0.822. The molecule has 208 valence electrons. The van der Waals surface area contributed by atoms with Gasteiger partial charge in [0.2, 0.25) is 0 Å². The van der Waals surface area contributed by atoms with Gasteiger partial charge in [0.25, 0.3) is 0 Å². The summed E-state index contributed by atoms with van der Waals surface area (Å²) in [5.74, 6) is 7.71. The zero-order valence-corrected chi connectivity index (χ0v) is 24.3. The van der Waals surface area contributed by atoms with Gasteiger partial charge in [0.05, 0.1) is 4.90 Å². The molecule has 3 fully saturated rings. The van der Waals surface area contributed by atoms with Crippen LogP contribution >= 0.6 is 0 Å². The van der Waals surface area contributed by atoms with Gasteiger partial charge in [0.1, 0.15) is 11.4 Å². The third kappa shape index (κ3) is 4.84. The van der Waals surface area contributed by atoms with E-state index < -0.39 is 15.4 Å². The van der Waals surface area contributed by atoms with E-state index in [9.17, 15) is 18.3 Å². The minimum atomic E-state index is -3.27. The molecule has 0 amide bonds. The number of allylic oxidation sites excluding steroid dienone is 4. The monoisotopic (exact) mass is 555 g/mol. The van der Waals surface area contributed by atoms with E-state index in [2.05, 4.69) is 47.1 Å². The van der Waals surface area contributed by atoms with Crippen LogP contribution in [0.1, 0.15) is 62.0 Å². The number of hydrogen-bond acceptors (Lipinski definition) is 5. The Bertz CT molecular complexity index is 1570. The Hall–Kier alpha value is -3.14. The Morgan fingerprint density at radius 1 is 1.02 bits per heavy atom. The van der Waals surface area contributed by atoms with Crippen molar-refractivity contribution in [1.82, 2.24) is 0 Å². The number of nitrogens with zero attached hydrogens (tertiary/aromatic N) is 1. The summed E-state index contributed by atoms with van der Waals surface area (Å²) in [6, 6.07) is 15.4. The highest BCUT2D eigenvalue weighted by molar-refractivity contribution is 7.90. The van der Waals surface area contributed by atoms with Gasteiger partial charge in [-0.15, -0.1) is 0 Å². The number of carbonyl (C=O) groups excluding carboxylic acids is 1. The summed E-state index contributed by atoms with van der Waals surface area (Å²) < 4.78 is 23.7. The number of aliphatic hydroxyl groups is 1. The van der Waals surface area contributed by atoms with Crippen molar-refractivity contribution in [3.05, 3.63) is 82.5 Å². The van der Waals surface area contributed by atoms with E-state index >= 15 is 0 Å². The molecule has 0 spiro atoms. The molecular weight excluding hydrogens is 518 g/mol. The lowest BCUT2D eigenvalue weighted by Crippen LogP contribution is -2.42. The number of sulfone groups is 1. The third-order valence-electron chi connectivity index (χ3n) is 9.68. The molecule has 1 N–H and O–H groups in total. The van der Waals surface area contributed by atoms with Gasteiger partial charge in [-0.2, -0.15) is 0 Å². The topological polar surface area (TPSA) is 74.7 Å². The van der Waals surface area contributed by atoms with Crippen LogP contribution in [0.5, 0.6) is 0 Å². The molecule has 2 aromatic carbocycles. The number of rotatable bonds is 3. The fourth-order valence-corrected chi connectivity index (χ4v) is 8.28. The zero-order valence-electron chi connectivity index (χ0n) is 23.5. The Balaban J connectivity index is 1.37. The van der Waals surface area contributed by atoms with Gasteiger partial charge in [-0.1, -0.05) is 35.6 Å². The van der Waals surface area contributed by atoms with Crippen LogP contribution < -0.4 is 4.90 Å².